The van der Waals surface area contributed by atoms with E-state index in [9.17, 15) is 12.8 Å². The average molecular weight is 315 g/mol. The standard InChI is InChI=1S/C13H12ClFN2O2S/c1-9(10-2-4-11(15)5-3-10)17-20(18,19)13-8-16-7-6-12(13)14/h2-9,17H,1H3. The minimum absolute atomic E-state index is 0.0874. The molecule has 0 bridgehead atoms. The van der Waals surface area contributed by atoms with Gasteiger partial charge in [-0.1, -0.05) is 23.7 Å². The fraction of sp³-hybridized carbons (Fsp3) is 0.154. The number of pyridine rings is 1. The number of rotatable bonds is 4. The summed E-state index contributed by atoms with van der Waals surface area (Å²) in [6, 6.07) is 6.48. The predicted molar refractivity (Wildman–Crippen MR) is 74.4 cm³/mol. The molecule has 0 saturated heterocycles. The molecule has 0 spiro atoms. The Hall–Kier alpha value is -1.50. The Morgan fingerprint density at radius 1 is 1.25 bits per heavy atom. The minimum atomic E-state index is -3.79. The van der Waals surface area contributed by atoms with Crippen LogP contribution in [-0.2, 0) is 10.0 Å². The summed E-state index contributed by atoms with van der Waals surface area (Å²) in [5.41, 5.74) is 0.648. The molecule has 1 N–H and O–H groups in total. The maximum absolute atomic E-state index is 12.8. The lowest BCUT2D eigenvalue weighted by Crippen LogP contribution is -2.27. The molecule has 1 aromatic heterocycles. The fourth-order valence-electron chi connectivity index (χ4n) is 1.68. The second kappa shape index (κ2) is 5.87. The number of aromatic nitrogens is 1. The van der Waals surface area contributed by atoms with Crippen LogP contribution in [-0.4, -0.2) is 13.4 Å². The lowest BCUT2D eigenvalue weighted by molar-refractivity contribution is 0.566. The first-order valence-corrected chi connectivity index (χ1v) is 7.63. The van der Waals surface area contributed by atoms with Crippen LogP contribution >= 0.6 is 11.6 Å². The van der Waals surface area contributed by atoms with Crippen LogP contribution in [0.4, 0.5) is 4.39 Å². The Labute approximate surface area is 121 Å². The van der Waals surface area contributed by atoms with Gasteiger partial charge in [0.1, 0.15) is 10.7 Å². The first kappa shape index (κ1) is 14.9. The summed E-state index contributed by atoms with van der Waals surface area (Å²) in [6.07, 6.45) is 2.59. The second-order valence-corrected chi connectivity index (χ2v) is 6.29. The quantitative estimate of drug-likeness (QED) is 0.944. The molecule has 0 aliphatic heterocycles. The maximum Gasteiger partial charge on any atom is 0.244 e. The molecule has 1 heterocycles. The maximum atomic E-state index is 12.8. The Morgan fingerprint density at radius 3 is 2.50 bits per heavy atom. The zero-order chi connectivity index (χ0) is 14.8. The summed E-state index contributed by atoms with van der Waals surface area (Å²) in [7, 11) is -3.79. The molecule has 0 radical (unpaired) electrons. The molecule has 0 aliphatic carbocycles. The third-order valence-corrected chi connectivity index (χ3v) is 4.74. The topological polar surface area (TPSA) is 59.1 Å². The van der Waals surface area contributed by atoms with Crippen LogP contribution in [0.15, 0.2) is 47.6 Å². The highest BCUT2D eigenvalue weighted by Crippen LogP contribution is 2.22. The van der Waals surface area contributed by atoms with Crippen molar-refractivity contribution in [1.82, 2.24) is 9.71 Å². The van der Waals surface area contributed by atoms with Crippen LogP contribution in [0.2, 0.25) is 5.02 Å². The van der Waals surface area contributed by atoms with E-state index in [1.54, 1.807) is 6.92 Å². The van der Waals surface area contributed by atoms with Crippen LogP contribution < -0.4 is 4.72 Å². The number of benzene rings is 1. The van der Waals surface area contributed by atoms with Gasteiger partial charge in [0.25, 0.3) is 0 Å². The van der Waals surface area contributed by atoms with E-state index in [0.29, 0.717) is 5.56 Å². The normalized spacial score (nSPS) is 13.2. The van der Waals surface area contributed by atoms with Crippen molar-refractivity contribution in [2.24, 2.45) is 0 Å². The Morgan fingerprint density at radius 2 is 1.90 bits per heavy atom. The summed E-state index contributed by atoms with van der Waals surface area (Å²) in [5, 5.41) is 0.0961. The van der Waals surface area contributed by atoms with E-state index < -0.39 is 16.1 Å². The highest BCUT2D eigenvalue weighted by atomic mass is 35.5. The lowest BCUT2D eigenvalue weighted by atomic mass is 10.1. The molecule has 1 unspecified atom stereocenters. The average Bonchev–Trinajstić information content (AvgIpc) is 2.39. The third kappa shape index (κ3) is 3.33. The second-order valence-electron chi connectivity index (χ2n) is 4.20. The van der Waals surface area contributed by atoms with Crippen molar-refractivity contribution in [3.8, 4) is 0 Å². The van der Waals surface area contributed by atoms with Gasteiger partial charge in [-0.05, 0) is 30.7 Å². The molecule has 2 rings (SSSR count). The van der Waals surface area contributed by atoms with Crippen LogP contribution in [0.3, 0.4) is 0 Å². The Balaban J connectivity index is 2.24. The monoisotopic (exact) mass is 314 g/mol. The van der Waals surface area contributed by atoms with Crippen LogP contribution in [0, 0.1) is 5.82 Å². The zero-order valence-corrected chi connectivity index (χ0v) is 12.1. The molecular weight excluding hydrogens is 303 g/mol. The minimum Gasteiger partial charge on any atom is -0.263 e. The molecule has 7 heteroatoms. The van der Waals surface area contributed by atoms with E-state index in [-0.39, 0.29) is 15.7 Å². The van der Waals surface area contributed by atoms with Gasteiger partial charge in [0, 0.05) is 18.4 Å². The Kier molecular flexibility index (Phi) is 4.37. The Bertz CT molecular complexity index is 705. The summed E-state index contributed by atoms with van der Waals surface area (Å²) in [4.78, 5) is 3.66. The fourth-order valence-corrected chi connectivity index (χ4v) is 3.34. The van der Waals surface area contributed by atoms with Crippen molar-refractivity contribution in [2.45, 2.75) is 17.9 Å². The van der Waals surface area contributed by atoms with Gasteiger partial charge in [-0.25, -0.2) is 17.5 Å². The van der Waals surface area contributed by atoms with Crippen molar-refractivity contribution in [3.63, 3.8) is 0 Å². The van der Waals surface area contributed by atoms with Crippen molar-refractivity contribution >= 4 is 21.6 Å². The molecule has 106 valence electrons. The van der Waals surface area contributed by atoms with Gasteiger partial charge in [-0.3, -0.25) is 4.98 Å². The van der Waals surface area contributed by atoms with Crippen LogP contribution in [0.1, 0.15) is 18.5 Å². The first-order chi connectivity index (χ1) is 9.40. The number of halogens is 2. The molecule has 4 nitrogen and oxygen atoms in total. The number of hydrogen-bond donors (Lipinski definition) is 1. The van der Waals surface area contributed by atoms with Crippen molar-refractivity contribution < 1.29 is 12.8 Å². The largest absolute Gasteiger partial charge is 0.263 e. The van der Waals surface area contributed by atoms with Crippen LogP contribution in [0.5, 0.6) is 0 Å². The zero-order valence-electron chi connectivity index (χ0n) is 10.5. The molecular formula is C13H12ClFN2O2S. The SMILES string of the molecule is CC(NS(=O)(=O)c1cnccc1Cl)c1ccc(F)cc1. The van der Waals surface area contributed by atoms with Gasteiger partial charge in [0.15, 0.2) is 0 Å². The molecule has 0 aliphatic rings. The van der Waals surface area contributed by atoms with E-state index in [1.807, 2.05) is 0 Å². The van der Waals surface area contributed by atoms with Crippen molar-refractivity contribution in [2.75, 3.05) is 0 Å². The first-order valence-electron chi connectivity index (χ1n) is 5.77. The molecule has 0 saturated carbocycles. The molecule has 0 fully saturated rings. The molecule has 0 amide bonds. The summed E-state index contributed by atoms with van der Waals surface area (Å²) < 4.78 is 39.7. The summed E-state index contributed by atoms with van der Waals surface area (Å²) in [5.74, 6) is -0.376. The van der Waals surface area contributed by atoms with Crippen LogP contribution in [0.25, 0.3) is 0 Å². The molecule has 20 heavy (non-hydrogen) atoms. The number of sulfonamides is 1. The summed E-state index contributed by atoms with van der Waals surface area (Å²) in [6.45, 7) is 1.66. The predicted octanol–water partition coefficient (Wildman–Crippen LogP) is 2.91. The van der Waals surface area contributed by atoms with Gasteiger partial charge >= 0.3 is 0 Å². The summed E-state index contributed by atoms with van der Waals surface area (Å²) >= 11 is 5.85. The number of nitrogens with zero attached hydrogens (tertiary/aromatic N) is 1. The molecule has 2 aromatic rings. The van der Waals surface area contributed by atoms with E-state index >= 15 is 0 Å². The van der Waals surface area contributed by atoms with Gasteiger partial charge < -0.3 is 0 Å². The van der Waals surface area contributed by atoms with Gasteiger partial charge in [0.2, 0.25) is 10.0 Å². The van der Waals surface area contributed by atoms with Crippen molar-refractivity contribution in [1.29, 1.82) is 0 Å². The van der Waals surface area contributed by atoms with Gasteiger partial charge in [-0.2, -0.15) is 0 Å². The number of nitrogens with one attached hydrogen (secondary N) is 1. The van der Waals surface area contributed by atoms with E-state index in [1.165, 1.54) is 42.7 Å². The highest BCUT2D eigenvalue weighted by molar-refractivity contribution is 7.89. The van der Waals surface area contributed by atoms with Gasteiger partial charge in [0.05, 0.1) is 5.02 Å². The van der Waals surface area contributed by atoms with Crippen molar-refractivity contribution in [3.05, 3.63) is 59.1 Å². The molecule has 1 aromatic carbocycles. The van der Waals surface area contributed by atoms with Gasteiger partial charge in [-0.15, -0.1) is 0 Å². The highest BCUT2D eigenvalue weighted by Gasteiger charge is 2.21. The van der Waals surface area contributed by atoms with E-state index in [2.05, 4.69) is 9.71 Å². The smallest absolute Gasteiger partial charge is 0.244 e. The third-order valence-electron chi connectivity index (χ3n) is 2.73. The van der Waals surface area contributed by atoms with E-state index in [0.717, 1.165) is 0 Å². The number of hydrogen-bond acceptors (Lipinski definition) is 3. The lowest BCUT2D eigenvalue weighted by Gasteiger charge is -2.15. The van der Waals surface area contributed by atoms with E-state index in [4.69, 9.17) is 11.6 Å². The molecule has 1 atom stereocenters.